The molecule has 2 N–H and O–H groups in total. The second kappa shape index (κ2) is 6.52. The summed E-state index contributed by atoms with van der Waals surface area (Å²) < 4.78 is 5.43. The zero-order chi connectivity index (χ0) is 15.6. The van der Waals surface area contributed by atoms with Crippen molar-refractivity contribution in [1.29, 1.82) is 0 Å². The molecule has 7 heteroatoms. The van der Waals surface area contributed by atoms with Crippen LogP contribution in [0.3, 0.4) is 0 Å². The van der Waals surface area contributed by atoms with Gasteiger partial charge in [-0.05, 0) is 24.7 Å². The molecule has 122 valence electrons. The average Bonchev–Trinajstić information content (AvgIpc) is 3.10. The lowest BCUT2D eigenvalue weighted by molar-refractivity contribution is 0.111. The molecule has 0 radical (unpaired) electrons. The van der Waals surface area contributed by atoms with Crippen molar-refractivity contribution in [1.82, 2.24) is 14.8 Å². The second-order valence-corrected chi connectivity index (χ2v) is 7.45. The molecule has 1 aromatic rings. The van der Waals surface area contributed by atoms with Gasteiger partial charge >= 0.3 is 6.03 Å². The van der Waals surface area contributed by atoms with Crippen molar-refractivity contribution < 1.29 is 9.53 Å². The maximum Gasteiger partial charge on any atom is 0.314 e. The molecule has 1 atom stereocenters. The number of likely N-dealkylation sites (tertiary alicyclic amines) is 2. The number of carbonyl (C=O) groups is 1. The van der Waals surface area contributed by atoms with Gasteiger partial charge in [0.25, 0.3) is 0 Å². The Bertz CT molecular complexity index is 500. The number of hydrogen-bond acceptors (Lipinski definition) is 5. The van der Waals surface area contributed by atoms with E-state index in [1.165, 1.54) is 0 Å². The topological polar surface area (TPSA) is 71.7 Å². The molecule has 3 rings (SSSR count). The van der Waals surface area contributed by atoms with Gasteiger partial charge in [-0.1, -0.05) is 0 Å². The van der Waals surface area contributed by atoms with Gasteiger partial charge in [0.05, 0.1) is 13.2 Å². The molecule has 0 unspecified atom stereocenters. The van der Waals surface area contributed by atoms with E-state index in [4.69, 9.17) is 10.5 Å². The Labute approximate surface area is 135 Å². The van der Waals surface area contributed by atoms with Gasteiger partial charge in [-0.15, -0.1) is 11.3 Å². The number of thiazole rings is 1. The highest BCUT2D eigenvalue weighted by Gasteiger charge is 2.45. The predicted molar refractivity (Wildman–Crippen MR) is 85.6 cm³/mol. The first-order valence-electron chi connectivity index (χ1n) is 7.78. The van der Waals surface area contributed by atoms with Gasteiger partial charge in [-0.3, -0.25) is 4.90 Å². The van der Waals surface area contributed by atoms with Gasteiger partial charge in [0.2, 0.25) is 0 Å². The largest absolute Gasteiger partial charge is 0.383 e. The van der Waals surface area contributed by atoms with Crippen LogP contribution in [-0.2, 0) is 11.3 Å². The summed E-state index contributed by atoms with van der Waals surface area (Å²) in [6.45, 7) is 4.27. The number of nitrogens with zero attached hydrogens (tertiary/aromatic N) is 3. The fourth-order valence-electron chi connectivity index (χ4n) is 3.86. The number of piperidine rings is 1. The maximum atomic E-state index is 11.3. The molecule has 2 fully saturated rings. The van der Waals surface area contributed by atoms with E-state index in [1.54, 1.807) is 23.3 Å². The summed E-state index contributed by atoms with van der Waals surface area (Å²) >= 11 is 1.71. The summed E-state index contributed by atoms with van der Waals surface area (Å²) in [5.74, 6) is 0. The van der Waals surface area contributed by atoms with Crippen LogP contribution >= 0.6 is 11.3 Å². The fourth-order valence-corrected chi connectivity index (χ4v) is 4.50. The van der Waals surface area contributed by atoms with Crippen LogP contribution in [0, 0.1) is 5.41 Å². The second-order valence-electron chi connectivity index (χ2n) is 6.47. The van der Waals surface area contributed by atoms with Crippen LogP contribution in [0.1, 0.15) is 24.3 Å². The van der Waals surface area contributed by atoms with Crippen LogP contribution in [0.25, 0.3) is 0 Å². The average molecular weight is 324 g/mol. The highest BCUT2D eigenvalue weighted by Crippen LogP contribution is 2.44. The van der Waals surface area contributed by atoms with Crippen LogP contribution < -0.4 is 5.73 Å². The molecule has 6 nitrogen and oxygen atoms in total. The zero-order valence-electron chi connectivity index (χ0n) is 13.0. The lowest BCUT2D eigenvalue weighted by atomic mass is 9.76. The first-order chi connectivity index (χ1) is 10.6. The molecule has 0 aromatic carbocycles. The summed E-state index contributed by atoms with van der Waals surface area (Å²) in [4.78, 5) is 20.0. The van der Waals surface area contributed by atoms with Crippen LogP contribution in [0.4, 0.5) is 4.79 Å². The van der Waals surface area contributed by atoms with Crippen LogP contribution in [0.15, 0.2) is 11.6 Å². The Balaban J connectivity index is 1.66. The van der Waals surface area contributed by atoms with E-state index in [9.17, 15) is 4.79 Å². The van der Waals surface area contributed by atoms with Crippen molar-refractivity contribution >= 4 is 17.4 Å². The third-order valence-electron chi connectivity index (χ3n) is 5.04. The molecule has 0 saturated carbocycles. The third kappa shape index (κ3) is 3.26. The normalized spacial score (nSPS) is 25.0. The molecule has 22 heavy (non-hydrogen) atoms. The summed E-state index contributed by atoms with van der Waals surface area (Å²) in [6, 6.07) is 0.148. The van der Waals surface area contributed by atoms with Gasteiger partial charge < -0.3 is 15.4 Å². The number of ether oxygens (including phenoxy) is 1. The SMILES string of the molecule is COC[C@H]1CC2(CCN(C(N)=O)CC2)CN1Cc1nccs1. The van der Waals surface area contributed by atoms with Gasteiger partial charge in [-0.2, -0.15) is 0 Å². The number of nitrogens with two attached hydrogens (primary N) is 1. The van der Waals surface area contributed by atoms with E-state index >= 15 is 0 Å². The van der Waals surface area contributed by atoms with E-state index in [0.29, 0.717) is 11.5 Å². The van der Waals surface area contributed by atoms with Crippen molar-refractivity contribution in [2.45, 2.75) is 31.8 Å². The molecule has 0 aliphatic carbocycles. The number of urea groups is 1. The van der Waals surface area contributed by atoms with Gasteiger partial charge in [0.15, 0.2) is 0 Å². The van der Waals surface area contributed by atoms with Crippen LogP contribution in [0.5, 0.6) is 0 Å². The molecule has 2 aliphatic heterocycles. The Morgan fingerprint density at radius 1 is 1.55 bits per heavy atom. The molecule has 2 amide bonds. The summed E-state index contributed by atoms with van der Waals surface area (Å²) in [7, 11) is 1.77. The van der Waals surface area contributed by atoms with E-state index in [2.05, 4.69) is 9.88 Å². The Morgan fingerprint density at radius 3 is 2.91 bits per heavy atom. The van der Waals surface area contributed by atoms with Crippen molar-refractivity contribution in [3.63, 3.8) is 0 Å². The van der Waals surface area contributed by atoms with Crippen molar-refractivity contribution in [2.24, 2.45) is 11.1 Å². The van der Waals surface area contributed by atoms with Gasteiger partial charge in [0, 0.05) is 44.4 Å². The monoisotopic (exact) mass is 324 g/mol. The van der Waals surface area contributed by atoms with E-state index < -0.39 is 0 Å². The summed E-state index contributed by atoms with van der Waals surface area (Å²) in [5, 5.41) is 3.19. The fraction of sp³-hybridized carbons (Fsp3) is 0.733. The van der Waals surface area contributed by atoms with Crippen LogP contribution in [0.2, 0.25) is 0 Å². The molecule has 1 aromatic heterocycles. The Kier molecular flexibility index (Phi) is 4.65. The van der Waals surface area contributed by atoms with E-state index in [-0.39, 0.29) is 6.03 Å². The smallest absolute Gasteiger partial charge is 0.314 e. The highest BCUT2D eigenvalue weighted by molar-refractivity contribution is 7.09. The third-order valence-corrected chi connectivity index (χ3v) is 5.80. The molecular formula is C15H24N4O2S. The quantitative estimate of drug-likeness (QED) is 0.911. The maximum absolute atomic E-state index is 11.3. The molecule has 1 spiro atoms. The number of carbonyl (C=O) groups excluding carboxylic acids is 1. The molecule has 2 saturated heterocycles. The highest BCUT2D eigenvalue weighted by atomic mass is 32.1. The minimum Gasteiger partial charge on any atom is -0.383 e. The van der Waals surface area contributed by atoms with Gasteiger partial charge in [0.1, 0.15) is 5.01 Å². The van der Waals surface area contributed by atoms with Crippen LogP contribution in [-0.4, -0.2) is 60.2 Å². The molecule has 0 bridgehead atoms. The summed E-state index contributed by atoms with van der Waals surface area (Å²) in [6.07, 6.45) is 5.07. The van der Waals surface area contributed by atoms with Gasteiger partial charge in [-0.25, -0.2) is 9.78 Å². The number of rotatable bonds is 4. The molecular weight excluding hydrogens is 300 g/mol. The summed E-state index contributed by atoms with van der Waals surface area (Å²) in [5.41, 5.74) is 5.69. The molecule has 3 heterocycles. The number of primary amides is 1. The van der Waals surface area contributed by atoms with Crippen molar-refractivity contribution in [3.8, 4) is 0 Å². The zero-order valence-corrected chi connectivity index (χ0v) is 13.8. The van der Waals surface area contributed by atoms with E-state index in [1.807, 2.05) is 11.6 Å². The first-order valence-corrected chi connectivity index (χ1v) is 8.66. The lowest BCUT2D eigenvalue weighted by Gasteiger charge is -2.38. The standard InChI is InChI=1S/C15H24N4O2S/c1-21-10-12-8-15(2-5-18(6-3-15)14(16)20)11-19(12)9-13-17-4-7-22-13/h4,7,12H,2-3,5-6,8-11H2,1H3,(H2,16,20)/t12-/m1/s1. The van der Waals surface area contributed by atoms with Crippen molar-refractivity contribution in [3.05, 3.63) is 16.6 Å². The number of hydrogen-bond donors (Lipinski definition) is 1. The number of amides is 2. The Morgan fingerprint density at radius 2 is 2.32 bits per heavy atom. The number of methoxy groups -OCH3 is 1. The Hall–Kier alpha value is -1.18. The molecule has 2 aliphatic rings. The predicted octanol–water partition coefficient (Wildman–Crippen LogP) is 1.52. The van der Waals surface area contributed by atoms with Crippen molar-refractivity contribution in [2.75, 3.05) is 33.4 Å². The number of aromatic nitrogens is 1. The minimum absolute atomic E-state index is 0.291. The lowest BCUT2D eigenvalue weighted by Crippen LogP contribution is -2.46. The first kappa shape index (κ1) is 15.7. The van der Waals surface area contributed by atoms with E-state index in [0.717, 1.165) is 57.1 Å². The minimum atomic E-state index is -0.291.